The molecule has 0 unspecified atom stereocenters. The summed E-state index contributed by atoms with van der Waals surface area (Å²) < 4.78 is 27.1. The van der Waals surface area contributed by atoms with Crippen LogP contribution >= 0.6 is 11.3 Å². The zero-order chi connectivity index (χ0) is 18.9. The molecule has 4 rings (SSSR count). The van der Waals surface area contributed by atoms with Gasteiger partial charge in [0.15, 0.2) is 5.60 Å². The first-order valence-corrected chi connectivity index (χ1v) is 10.8. The number of nitrogens with one attached hydrogen (secondary N) is 1. The number of rotatable bonds is 5. The molecule has 2 aliphatic heterocycles. The maximum absolute atomic E-state index is 12.7. The molecule has 2 aromatic heterocycles. The first-order chi connectivity index (χ1) is 13.0. The average molecular weight is 406 g/mol. The highest BCUT2D eigenvalue weighted by Crippen LogP contribution is 2.37. The molecule has 1 saturated heterocycles. The lowest BCUT2D eigenvalue weighted by molar-refractivity contribution is -0.115. The molecule has 2 aliphatic rings. The van der Waals surface area contributed by atoms with Gasteiger partial charge in [-0.3, -0.25) is 9.78 Å². The molecule has 1 spiro atoms. The number of pyridine rings is 1. The van der Waals surface area contributed by atoms with Crippen molar-refractivity contribution in [1.29, 1.82) is 0 Å². The summed E-state index contributed by atoms with van der Waals surface area (Å²) in [4.78, 5) is 21.9. The summed E-state index contributed by atoms with van der Waals surface area (Å²) in [7, 11) is -3.53. The predicted molar refractivity (Wildman–Crippen MR) is 99.6 cm³/mol. The van der Waals surface area contributed by atoms with Crippen LogP contribution in [-0.4, -0.2) is 48.0 Å². The van der Waals surface area contributed by atoms with Gasteiger partial charge >= 0.3 is 0 Å². The molecule has 8 nitrogen and oxygen atoms in total. The molecule has 0 saturated carbocycles. The van der Waals surface area contributed by atoms with Gasteiger partial charge in [0.1, 0.15) is 9.92 Å². The quantitative estimate of drug-likeness (QED) is 0.808. The molecule has 2 aromatic rings. The highest BCUT2D eigenvalue weighted by atomic mass is 32.2. The van der Waals surface area contributed by atoms with E-state index in [-0.39, 0.29) is 18.2 Å². The standard InChI is InChI=1S/C17H18N4O4S2/c22-16(19-11-13-3-1-6-18-10-13)14-9-17(25-20-14)5-7-21(12-17)27(23,24)15-4-2-8-26-15/h1-4,6,8,10H,5,7,9,11-12H2,(H,19,22)/t17-/m0/s1. The number of nitrogens with zero attached hydrogens (tertiary/aromatic N) is 3. The maximum Gasteiger partial charge on any atom is 0.269 e. The molecule has 142 valence electrons. The first-order valence-electron chi connectivity index (χ1n) is 8.44. The second-order valence-electron chi connectivity index (χ2n) is 6.55. The Morgan fingerprint density at radius 2 is 2.26 bits per heavy atom. The summed E-state index contributed by atoms with van der Waals surface area (Å²) >= 11 is 1.19. The second kappa shape index (κ2) is 7.02. The Hall–Kier alpha value is -2.30. The Morgan fingerprint density at radius 3 is 3.00 bits per heavy atom. The van der Waals surface area contributed by atoms with Crippen molar-refractivity contribution in [2.45, 2.75) is 29.2 Å². The molecule has 10 heteroatoms. The lowest BCUT2D eigenvalue weighted by Crippen LogP contribution is -2.38. The third-order valence-electron chi connectivity index (χ3n) is 4.65. The fourth-order valence-corrected chi connectivity index (χ4v) is 5.86. The monoisotopic (exact) mass is 406 g/mol. The highest BCUT2D eigenvalue weighted by Gasteiger charge is 2.49. The summed E-state index contributed by atoms with van der Waals surface area (Å²) in [6.07, 6.45) is 4.14. The van der Waals surface area contributed by atoms with Crippen molar-refractivity contribution in [3.63, 3.8) is 0 Å². The van der Waals surface area contributed by atoms with E-state index in [1.807, 2.05) is 6.07 Å². The summed E-state index contributed by atoms with van der Waals surface area (Å²) in [5.41, 5.74) is 0.411. The fraction of sp³-hybridized carbons (Fsp3) is 0.353. The van der Waals surface area contributed by atoms with Gasteiger partial charge in [-0.2, -0.15) is 4.31 Å². The lowest BCUT2D eigenvalue weighted by atomic mass is 9.96. The Morgan fingerprint density at radius 1 is 1.37 bits per heavy atom. The summed E-state index contributed by atoms with van der Waals surface area (Å²) in [6.45, 7) is 0.883. The lowest BCUT2D eigenvalue weighted by Gasteiger charge is -2.21. The van der Waals surface area contributed by atoms with Gasteiger partial charge in [-0.1, -0.05) is 17.3 Å². The van der Waals surface area contributed by atoms with Gasteiger partial charge in [-0.25, -0.2) is 8.42 Å². The Bertz CT molecular complexity index is 960. The third kappa shape index (κ3) is 3.60. The van der Waals surface area contributed by atoms with Gasteiger partial charge in [0.2, 0.25) is 0 Å². The molecular weight excluding hydrogens is 388 g/mol. The van der Waals surface area contributed by atoms with Crippen LogP contribution in [0.4, 0.5) is 0 Å². The van der Waals surface area contributed by atoms with Gasteiger partial charge in [0, 0.05) is 38.3 Å². The van der Waals surface area contributed by atoms with E-state index in [1.54, 1.807) is 36.0 Å². The summed E-state index contributed by atoms with van der Waals surface area (Å²) in [6, 6.07) is 6.97. The van der Waals surface area contributed by atoms with Gasteiger partial charge in [-0.15, -0.1) is 11.3 Å². The zero-order valence-electron chi connectivity index (χ0n) is 14.4. The van der Waals surface area contributed by atoms with Gasteiger partial charge in [0.25, 0.3) is 15.9 Å². The van der Waals surface area contributed by atoms with Crippen molar-refractivity contribution in [1.82, 2.24) is 14.6 Å². The Labute approximate surface area is 160 Å². The van der Waals surface area contributed by atoms with E-state index in [2.05, 4.69) is 15.5 Å². The first kappa shape index (κ1) is 18.1. The van der Waals surface area contributed by atoms with E-state index in [1.165, 1.54) is 15.6 Å². The van der Waals surface area contributed by atoms with E-state index in [4.69, 9.17) is 4.84 Å². The van der Waals surface area contributed by atoms with Crippen molar-refractivity contribution in [2.24, 2.45) is 5.16 Å². The molecule has 1 fully saturated rings. The van der Waals surface area contributed by atoms with Crippen LogP contribution in [0.5, 0.6) is 0 Å². The van der Waals surface area contributed by atoms with Crippen LogP contribution < -0.4 is 5.32 Å². The number of aromatic nitrogens is 1. The Kier molecular flexibility index (Phi) is 4.70. The normalized spacial score (nSPS) is 22.6. The van der Waals surface area contributed by atoms with E-state index >= 15 is 0 Å². The molecule has 0 aliphatic carbocycles. The van der Waals surface area contributed by atoms with Crippen LogP contribution in [0, 0.1) is 0 Å². The number of hydrogen-bond acceptors (Lipinski definition) is 7. The molecule has 1 amide bonds. The number of thiophene rings is 1. The number of oxime groups is 1. The molecule has 4 heterocycles. The molecule has 1 atom stereocenters. The smallest absolute Gasteiger partial charge is 0.269 e. The minimum Gasteiger partial charge on any atom is -0.387 e. The van der Waals surface area contributed by atoms with Crippen LogP contribution in [0.3, 0.4) is 0 Å². The van der Waals surface area contributed by atoms with E-state index < -0.39 is 15.6 Å². The topological polar surface area (TPSA) is 101 Å². The van der Waals surface area contributed by atoms with Crippen molar-refractivity contribution in [3.05, 3.63) is 47.6 Å². The largest absolute Gasteiger partial charge is 0.387 e. The van der Waals surface area contributed by atoms with Crippen LogP contribution in [0.25, 0.3) is 0 Å². The molecule has 0 bridgehead atoms. The van der Waals surface area contributed by atoms with Gasteiger partial charge in [-0.05, 0) is 23.1 Å². The van der Waals surface area contributed by atoms with E-state index in [0.29, 0.717) is 30.1 Å². The number of amides is 1. The van der Waals surface area contributed by atoms with Crippen LogP contribution in [0.1, 0.15) is 18.4 Å². The number of hydrogen-bond donors (Lipinski definition) is 1. The minimum atomic E-state index is -3.53. The van der Waals surface area contributed by atoms with Crippen LogP contribution in [-0.2, 0) is 26.2 Å². The van der Waals surface area contributed by atoms with Crippen molar-refractivity contribution in [2.75, 3.05) is 13.1 Å². The van der Waals surface area contributed by atoms with Crippen molar-refractivity contribution >= 4 is 33.0 Å². The van der Waals surface area contributed by atoms with Crippen molar-refractivity contribution in [3.8, 4) is 0 Å². The van der Waals surface area contributed by atoms with E-state index in [9.17, 15) is 13.2 Å². The minimum absolute atomic E-state index is 0.191. The van der Waals surface area contributed by atoms with Crippen molar-refractivity contribution < 1.29 is 18.0 Å². The fourth-order valence-electron chi connectivity index (χ4n) is 3.20. The van der Waals surface area contributed by atoms with Crippen LogP contribution in [0.15, 0.2) is 51.4 Å². The molecule has 0 radical (unpaired) electrons. The molecule has 1 N–H and O–H groups in total. The van der Waals surface area contributed by atoms with Gasteiger partial charge < -0.3 is 10.2 Å². The predicted octanol–water partition coefficient (Wildman–Crippen LogP) is 1.37. The third-order valence-corrected chi connectivity index (χ3v) is 7.87. The SMILES string of the molecule is O=C(NCc1cccnc1)C1=NO[C@@]2(CCN(S(=O)(=O)c3cccs3)C2)C1. The number of carbonyl (C=O) groups excluding carboxylic acids is 1. The second-order valence-corrected chi connectivity index (χ2v) is 9.67. The number of sulfonamides is 1. The summed E-state index contributed by atoms with van der Waals surface area (Å²) in [5.74, 6) is -0.310. The number of carbonyl (C=O) groups is 1. The summed E-state index contributed by atoms with van der Waals surface area (Å²) in [5, 5.41) is 8.46. The van der Waals surface area contributed by atoms with Crippen LogP contribution in [0.2, 0.25) is 0 Å². The maximum atomic E-state index is 12.7. The zero-order valence-corrected chi connectivity index (χ0v) is 16.0. The Balaban J connectivity index is 1.37. The molecule has 27 heavy (non-hydrogen) atoms. The van der Waals surface area contributed by atoms with Gasteiger partial charge in [0.05, 0.1) is 6.54 Å². The average Bonchev–Trinajstić information content (AvgIpc) is 3.43. The highest BCUT2D eigenvalue weighted by molar-refractivity contribution is 7.91. The molecule has 0 aromatic carbocycles. The van der Waals surface area contributed by atoms with E-state index in [0.717, 1.165) is 5.56 Å². The molecular formula is C17H18N4O4S2.